The maximum atomic E-state index is 12.3. The van der Waals surface area contributed by atoms with Crippen LogP contribution in [0.1, 0.15) is 11.1 Å². The lowest BCUT2D eigenvalue weighted by molar-refractivity contribution is 0.519. The number of hydrogen-bond donors (Lipinski definition) is 2. The van der Waals surface area contributed by atoms with Crippen molar-refractivity contribution in [3.05, 3.63) is 23.3 Å². The lowest BCUT2D eigenvalue weighted by Gasteiger charge is -2.15. The largest absolute Gasteiger partial charge is 0.398 e. The second kappa shape index (κ2) is 6.30. The van der Waals surface area contributed by atoms with Gasteiger partial charge in [-0.15, -0.1) is 0 Å². The summed E-state index contributed by atoms with van der Waals surface area (Å²) >= 11 is 0. The molecule has 0 fully saturated rings. The van der Waals surface area contributed by atoms with Crippen LogP contribution >= 0.6 is 0 Å². The minimum absolute atomic E-state index is 0.00440. The Kier molecular flexibility index (Phi) is 5.37. The fourth-order valence-electron chi connectivity index (χ4n) is 1.73. The molecule has 0 atom stereocenters. The molecule has 0 amide bonds. The standard InChI is InChI=1S/C12H21N3O4S2/c1-9-5-6-11(13)12(10(9)2)21(18,19)14-7-8-20(16,17)15(3)4/h5-6,14H,7-8,13H2,1-4H3. The summed E-state index contributed by atoms with van der Waals surface area (Å²) in [5.74, 6) is -0.315. The lowest BCUT2D eigenvalue weighted by atomic mass is 10.1. The van der Waals surface area contributed by atoms with Crippen molar-refractivity contribution in [2.75, 3.05) is 32.1 Å². The summed E-state index contributed by atoms with van der Waals surface area (Å²) in [4.78, 5) is 0.00440. The number of nitrogens with zero attached hydrogens (tertiary/aromatic N) is 1. The Morgan fingerprint density at radius 2 is 1.71 bits per heavy atom. The van der Waals surface area contributed by atoms with Crippen molar-refractivity contribution in [2.45, 2.75) is 18.7 Å². The molecule has 120 valence electrons. The van der Waals surface area contributed by atoms with Crippen molar-refractivity contribution >= 4 is 25.7 Å². The van der Waals surface area contributed by atoms with Crippen LogP contribution in [0, 0.1) is 13.8 Å². The molecule has 0 aliphatic rings. The molecule has 1 aromatic carbocycles. The van der Waals surface area contributed by atoms with Crippen LogP contribution in [-0.4, -0.2) is 47.5 Å². The minimum atomic E-state index is -3.85. The first kappa shape index (κ1) is 17.9. The van der Waals surface area contributed by atoms with Gasteiger partial charge in [0.15, 0.2) is 0 Å². The Bertz CT molecular complexity index is 725. The van der Waals surface area contributed by atoms with Gasteiger partial charge in [-0.1, -0.05) is 6.07 Å². The summed E-state index contributed by atoms with van der Waals surface area (Å²) in [6.07, 6.45) is 0. The highest BCUT2D eigenvalue weighted by Crippen LogP contribution is 2.24. The number of nitrogens with two attached hydrogens (primary N) is 1. The first-order valence-electron chi connectivity index (χ1n) is 6.24. The Labute approximate surface area is 126 Å². The average molecular weight is 335 g/mol. The Hall–Kier alpha value is -1.16. The lowest BCUT2D eigenvalue weighted by Crippen LogP contribution is -2.34. The van der Waals surface area contributed by atoms with Crippen molar-refractivity contribution in [3.63, 3.8) is 0 Å². The number of aryl methyl sites for hydroxylation is 1. The third kappa shape index (κ3) is 4.16. The van der Waals surface area contributed by atoms with E-state index in [-0.39, 0.29) is 22.9 Å². The molecule has 1 rings (SSSR count). The molecule has 0 bridgehead atoms. The van der Waals surface area contributed by atoms with E-state index in [0.717, 1.165) is 9.87 Å². The van der Waals surface area contributed by atoms with Crippen LogP contribution in [0.15, 0.2) is 17.0 Å². The molecular formula is C12H21N3O4S2. The van der Waals surface area contributed by atoms with Gasteiger partial charge in [0.1, 0.15) is 4.90 Å². The minimum Gasteiger partial charge on any atom is -0.398 e. The fourth-order valence-corrected chi connectivity index (χ4v) is 4.04. The molecular weight excluding hydrogens is 314 g/mol. The van der Waals surface area contributed by atoms with E-state index in [4.69, 9.17) is 5.73 Å². The predicted molar refractivity (Wildman–Crippen MR) is 83.0 cm³/mol. The number of hydrogen-bond acceptors (Lipinski definition) is 5. The Morgan fingerprint density at radius 3 is 2.24 bits per heavy atom. The predicted octanol–water partition coefficient (Wildman–Crippen LogP) is 0.0553. The molecule has 0 aliphatic carbocycles. The van der Waals surface area contributed by atoms with Gasteiger partial charge in [-0.2, -0.15) is 0 Å². The number of benzene rings is 1. The van der Waals surface area contributed by atoms with Gasteiger partial charge in [-0.05, 0) is 31.0 Å². The third-order valence-corrected chi connectivity index (χ3v) is 6.68. The summed E-state index contributed by atoms with van der Waals surface area (Å²) in [5.41, 5.74) is 7.23. The van der Waals surface area contributed by atoms with Crippen LogP contribution in [0.25, 0.3) is 0 Å². The number of nitrogens with one attached hydrogen (secondary N) is 1. The summed E-state index contributed by atoms with van der Waals surface area (Å²) in [5, 5.41) is 0. The van der Waals surface area contributed by atoms with Gasteiger partial charge in [0, 0.05) is 20.6 Å². The highest BCUT2D eigenvalue weighted by atomic mass is 32.2. The molecule has 1 aromatic rings. The van der Waals surface area contributed by atoms with E-state index in [2.05, 4.69) is 4.72 Å². The van der Waals surface area contributed by atoms with Crippen molar-refractivity contribution in [1.82, 2.24) is 9.03 Å². The highest BCUT2D eigenvalue weighted by molar-refractivity contribution is 7.90. The van der Waals surface area contributed by atoms with E-state index in [1.165, 1.54) is 20.2 Å². The molecule has 0 saturated carbocycles. The SMILES string of the molecule is Cc1ccc(N)c(S(=O)(=O)NCCS(=O)(=O)N(C)C)c1C. The van der Waals surface area contributed by atoms with Crippen molar-refractivity contribution < 1.29 is 16.8 Å². The van der Waals surface area contributed by atoms with Gasteiger partial charge < -0.3 is 5.73 Å². The monoisotopic (exact) mass is 335 g/mol. The van der Waals surface area contributed by atoms with Crippen LogP contribution in [0.2, 0.25) is 0 Å². The van der Waals surface area contributed by atoms with Gasteiger partial charge in [0.2, 0.25) is 20.0 Å². The van der Waals surface area contributed by atoms with Crippen LogP contribution in [0.5, 0.6) is 0 Å². The zero-order chi connectivity index (χ0) is 16.4. The maximum absolute atomic E-state index is 12.3. The Balaban J connectivity index is 2.97. The van der Waals surface area contributed by atoms with Crippen molar-refractivity contribution in [2.24, 2.45) is 0 Å². The number of rotatable bonds is 6. The van der Waals surface area contributed by atoms with Gasteiger partial charge >= 0.3 is 0 Å². The van der Waals surface area contributed by atoms with Crippen LogP contribution in [-0.2, 0) is 20.0 Å². The zero-order valence-electron chi connectivity index (χ0n) is 12.5. The summed E-state index contributed by atoms with van der Waals surface area (Å²) < 4.78 is 51.1. The summed E-state index contributed by atoms with van der Waals surface area (Å²) in [6, 6.07) is 3.26. The molecule has 9 heteroatoms. The molecule has 0 saturated heterocycles. The summed E-state index contributed by atoms with van der Waals surface area (Å²) in [7, 11) is -4.52. The van der Waals surface area contributed by atoms with Gasteiger partial charge in [0.05, 0.1) is 11.4 Å². The Morgan fingerprint density at radius 1 is 1.14 bits per heavy atom. The smallest absolute Gasteiger partial charge is 0.242 e. The molecule has 0 unspecified atom stereocenters. The first-order valence-corrected chi connectivity index (χ1v) is 9.34. The molecule has 21 heavy (non-hydrogen) atoms. The molecule has 0 aromatic heterocycles. The van der Waals surface area contributed by atoms with Crippen LogP contribution in [0.3, 0.4) is 0 Å². The number of nitrogen functional groups attached to an aromatic ring is 1. The quantitative estimate of drug-likeness (QED) is 0.714. The second-order valence-corrected chi connectivity index (χ2v) is 8.93. The van der Waals surface area contributed by atoms with Gasteiger partial charge in [0.25, 0.3) is 0 Å². The molecule has 0 heterocycles. The van der Waals surface area contributed by atoms with Gasteiger partial charge in [-0.3, -0.25) is 0 Å². The molecule has 0 radical (unpaired) electrons. The van der Waals surface area contributed by atoms with Crippen molar-refractivity contribution in [1.29, 1.82) is 0 Å². The van der Waals surface area contributed by atoms with E-state index in [9.17, 15) is 16.8 Å². The average Bonchev–Trinajstić information content (AvgIpc) is 2.33. The first-order chi connectivity index (χ1) is 9.49. The van der Waals surface area contributed by atoms with E-state index in [0.29, 0.717) is 5.56 Å². The summed E-state index contributed by atoms with van der Waals surface area (Å²) in [6.45, 7) is 3.23. The maximum Gasteiger partial charge on any atom is 0.242 e. The number of anilines is 1. The van der Waals surface area contributed by atoms with E-state index in [1.54, 1.807) is 19.9 Å². The van der Waals surface area contributed by atoms with Crippen molar-refractivity contribution in [3.8, 4) is 0 Å². The third-order valence-electron chi connectivity index (χ3n) is 3.18. The zero-order valence-corrected chi connectivity index (χ0v) is 14.2. The number of sulfonamides is 2. The topological polar surface area (TPSA) is 110 Å². The fraction of sp³-hybridized carbons (Fsp3) is 0.500. The second-order valence-electron chi connectivity index (χ2n) is 4.92. The normalized spacial score (nSPS) is 12.8. The molecule has 0 spiro atoms. The van der Waals surface area contributed by atoms with Crippen LogP contribution < -0.4 is 10.5 Å². The molecule has 3 N–H and O–H groups in total. The van der Waals surface area contributed by atoms with Crippen LogP contribution in [0.4, 0.5) is 5.69 Å². The molecule has 0 aliphatic heterocycles. The van der Waals surface area contributed by atoms with Gasteiger partial charge in [-0.25, -0.2) is 25.9 Å². The molecule has 7 nitrogen and oxygen atoms in total. The van der Waals surface area contributed by atoms with E-state index in [1.807, 2.05) is 0 Å². The van der Waals surface area contributed by atoms with E-state index >= 15 is 0 Å². The van der Waals surface area contributed by atoms with E-state index < -0.39 is 20.0 Å². The highest BCUT2D eigenvalue weighted by Gasteiger charge is 2.22.